The lowest BCUT2D eigenvalue weighted by Crippen LogP contribution is -2.38. The number of anilines is 1. The molecule has 1 atom stereocenters. The van der Waals surface area contributed by atoms with Crippen LogP contribution < -0.4 is 10.2 Å². The Balaban J connectivity index is 1.78. The smallest absolute Gasteiger partial charge is 0.272 e. The summed E-state index contributed by atoms with van der Waals surface area (Å²) in [5, 5.41) is 3.28. The second kappa shape index (κ2) is 8.47. The number of hydrogen-bond acceptors (Lipinski definition) is 5. The van der Waals surface area contributed by atoms with Crippen molar-refractivity contribution in [2.45, 2.75) is 26.3 Å². The van der Waals surface area contributed by atoms with Crippen LogP contribution in [0.3, 0.4) is 0 Å². The van der Waals surface area contributed by atoms with E-state index in [0.29, 0.717) is 32.3 Å². The van der Waals surface area contributed by atoms with Crippen molar-refractivity contribution in [3.63, 3.8) is 0 Å². The van der Waals surface area contributed by atoms with Gasteiger partial charge in [0.2, 0.25) is 5.95 Å². The van der Waals surface area contributed by atoms with Gasteiger partial charge in [0.05, 0.1) is 30.5 Å². The zero-order valence-corrected chi connectivity index (χ0v) is 15.8. The van der Waals surface area contributed by atoms with Gasteiger partial charge in [0.1, 0.15) is 0 Å². The second-order valence-corrected chi connectivity index (χ2v) is 6.72. The summed E-state index contributed by atoms with van der Waals surface area (Å²) in [6.07, 6.45) is 2.26. The largest absolute Gasteiger partial charge is 0.378 e. The molecule has 1 fully saturated rings. The molecule has 0 spiro atoms. The first kappa shape index (κ1) is 18.6. The Kier molecular flexibility index (Phi) is 6.06. The third-order valence-corrected chi connectivity index (χ3v) is 4.71. The van der Waals surface area contributed by atoms with Gasteiger partial charge in [0, 0.05) is 13.1 Å². The maximum atomic E-state index is 12.8. The Labute approximate surface area is 158 Å². The van der Waals surface area contributed by atoms with E-state index in [-0.39, 0.29) is 22.7 Å². The second-order valence-electron chi connectivity index (χ2n) is 6.31. The topological polar surface area (TPSA) is 67.4 Å². The fourth-order valence-electron chi connectivity index (χ4n) is 2.88. The Morgan fingerprint density at radius 1 is 1.31 bits per heavy atom. The van der Waals surface area contributed by atoms with E-state index in [4.69, 9.17) is 16.3 Å². The fourth-order valence-corrected chi connectivity index (χ4v) is 3.06. The van der Waals surface area contributed by atoms with Crippen molar-refractivity contribution in [2.75, 3.05) is 31.2 Å². The number of morpholine rings is 1. The first-order chi connectivity index (χ1) is 12.6. The molecule has 3 rings (SSSR count). The number of nitrogens with one attached hydrogen (secondary N) is 1. The van der Waals surface area contributed by atoms with Gasteiger partial charge in [-0.3, -0.25) is 4.79 Å². The SMILES string of the molecule is CC[C@H](NC(=O)c1nc(N2CCOCC2)ncc1Cl)c1ccc(C)cc1. The van der Waals surface area contributed by atoms with E-state index in [1.165, 1.54) is 11.8 Å². The van der Waals surface area contributed by atoms with Gasteiger partial charge in [-0.05, 0) is 18.9 Å². The lowest BCUT2D eigenvalue weighted by molar-refractivity contribution is 0.0930. The molecule has 1 aliphatic rings. The molecule has 1 aliphatic heterocycles. The zero-order chi connectivity index (χ0) is 18.5. The molecule has 0 saturated carbocycles. The number of amides is 1. The van der Waals surface area contributed by atoms with E-state index < -0.39 is 0 Å². The average Bonchev–Trinajstić information content (AvgIpc) is 2.68. The third-order valence-electron chi connectivity index (χ3n) is 4.43. The van der Waals surface area contributed by atoms with Gasteiger partial charge in [0.15, 0.2) is 5.69 Å². The molecule has 138 valence electrons. The van der Waals surface area contributed by atoms with Gasteiger partial charge in [-0.1, -0.05) is 48.4 Å². The number of benzene rings is 1. The molecule has 1 aromatic carbocycles. The van der Waals surface area contributed by atoms with Crippen molar-refractivity contribution in [1.29, 1.82) is 0 Å². The maximum absolute atomic E-state index is 12.8. The summed E-state index contributed by atoms with van der Waals surface area (Å²) in [6.45, 7) is 6.72. The van der Waals surface area contributed by atoms with Crippen molar-refractivity contribution in [3.8, 4) is 0 Å². The number of ether oxygens (including phenoxy) is 1. The van der Waals surface area contributed by atoms with Gasteiger partial charge in [0.25, 0.3) is 5.91 Å². The van der Waals surface area contributed by atoms with Crippen LogP contribution in [0.4, 0.5) is 5.95 Å². The van der Waals surface area contributed by atoms with Crippen molar-refractivity contribution in [2.24, 2.45) is 0 Å². The summed E-state index contributed by atoms with van der Waals surface area (Å²) in [5.41, 5.74) is 2.45. The number of aromatic nitrogens is 2. The van der Waals surface area contributed by atoms with E-state index in [9.17, 15) is 4.79 Å². The highest BCUT2D eigenvalue weighted by atomic mass is 35.5. The molecule has 7 heteroatoms. The Morgan fingerprint density at radius 2 is 2.00 bits per heavy atom. The Hall–Kier alpha value is -2.18. The van der Waals surface area contributed by atoms with Gasteiger partial charge in [-0.2, -0.15) is 0 Å². The van der Waals surface area contributed by atoms with Crippen LogP contribution in [0.5, 0.6) is 0 Å². The molecule has 2 heterocycles. The molecule has 0 unspecified atom stereocenters. The van der Waals surface area contributed by atoms with E-state index in [2.05, 4.69) is 15.3 Å². The molecular formula is C19H23ClN4O2. The normalized spacial score (nSPS) is 15.6. The van der Waals surface area contributed by atoms with Crippen LogP contribution in [0.1, 0.15) is 41.0 Å². The molecule has 6 nitrogen and oxygen atoms in total. The Morgan fingerprint density at radius 3 is 2.65 bits per heavy atom. The average molecular weight is 375 g/mol. The number of aryl methyl sites for hydroxylation is 1. The molecule has 1 aromatic heterocycles. The number of carbonyl (C=O) groups is 1. The molecule has 0 radical (unpaired) electrons. The van der Waals surface area contributed by atoms with Crippen LogP contribution in [-0.4, -0.2) is 42.2 Å². The number of nitrogens with zero attached hydrogens (tertiary/aromatic N) is 3. The van der Waals surface area contributed by atoms with Crippen LogP contribution >= 0.6 is 11.6 Å². The van der Waals surface area contributed by atoms with E-state index in [1.54, 1.807) is 0 Å². The molecule has 0 bridgehead atoms. The summed E-state index contributed by atoms with van der Waals surface area (Å²) in [7, 11) is 0. The van der Waals surface area contributed by atoms with E-state index in [1.807, 2.05) is 43.0 Å². The fraction of sp³-hybridized carbons (Fsp3) is 0.421. The molecule has 1 N–H and O–H groups in total. The minimum Gasteiger partial charge on any atom is -0.378 e. The zero-order valence-electron chi connectivity index (χ0n) is 15.0. The summed E-state index contributed by atoms with van der Waals surface area (Å²) in [5.74, 6) is 0.213. The van der Waals surface area contributed by atoms with Crippen molar-refractivity contribution in [3.05, 3.63) is 52.3 Å². The van der Waals surface area contributed by atoms with E-state index >= 15 is 0 Å². The van der Waals surface area contributed by atoms with Crippen LogP contribution in [0.25, 0.3) is 0 Å². The lowest BCUT2D eigenvalue weighted by Gasteiger charge is -2.27. The summed E-state index contributed by atoms with van der Waals surface area (Å²) >= 11 is 6.19. The van der Waals surface area contributed by atoms with Gasteiger partial charge >= 0.3 is 0 Å². The lowest BCUT2D eigenvalue weighted by atomic mass is 10.0. The van der Waals surface area contributed by atoms with Gasteiger partial charge in [-0.15, -0.1) is 0 Å². The monoisotopic (exact) mass is 374 g/mol. The third kappa shape index (κ3) is 4.31. The first-order valence-corrected chi connectivity index (χ1v) is 9.19. The highest BCUT2D eigenvalue weighted by Gasteiger charge is 2.21. The number of halogens is 1. The van der Waals surface area contributed by atoms with Crippen molar-refractivity contribution in [1.82, 2.24) is 15.3 Å². The molecule has 1 amide bonds. The first-order valence-electron chi connectivity index (χ1n) is 8.81. The quantitative estimate of drug-likeness (QED) is 0.870. The Bertz CT molecular complexity index is 761. The van der Waals surface area contributed by atoms with Crippen LogP contribution in [0.15, 0.2) is 30.5 Å². The van der Waals surface area contributed by atoms with Crippen LogP contribution in [0.2, 0.25) is 5.02 Å². The molecule has 2 aromatic rings. The molecule has 0 aliphatic carbocycles. The van der Waals surface area contributed by atoms with E-state index in [0.717, 1.165) is 12.0 Å². The predicted octanol–water partition coefficient (Wildman–Crippen LogP) is 3.16. The number of carbonyl (C=O) groups excluding carboxylic acids is 1. The van der Waals surface area contributed by atoms with Gasteiger partial charge < -0.3 is 15.0 Å². The standard InChI is InChI=1S/C19H23ClN4O2/c1-3-16(14-6-4-13(2)5-7-14)22-18(25)17-15(20)12-21-19(23-17)24-8-10-26-11-9-24/h4-7,12,16H,3,8-11H2,1-2H3,(H,22,25)/t16-/m0/s1. The maximum Gasteiger partial charge on any atom is 0.272 e. The van der Waals surface area contributed by atoms with Crippen molar-refractivity contribution < 1.29 is 9.53 Å². The minimum absolute atomic E-state index is 0.0963. The van der Waals surface area contributed by atoms with Gasteiger partial charge in [-0.25, -0.2) is 9.97 Å². The highest BCUT2D eigenvalue weighted by molar-refractivity contribution is 6.33. The number of hydrogen-bond donors (Lipinski definition) is 1. The predicted molar refractivity (Wildman–Crippen MR) is 102 cm³/mol. The highest BCUT2D eigenvalue weighted by Crippen LogP contribution is 2.21. The molecular weight excluding hydrogens is 352 g/mol. The summed E-state index contributed by atoms with van der Waals surface area (Å²) in [4.78, 5) is 23.4. The summed E-state index contributed by atoms with van der Waals surface area (Å²) < 4.78 is 5.34. The van der Waals surface area contributed by atoms with Crippen LogP contribution in [-0.2, 0) is 4.74 Å². The number of rotatable bonds is 5. The molecule has 1 saturated heterocycles. The van der Waals surface area contributed by atoms with Crippen molar-refractivity contribution >= 4 is 23.5 Å². The minimum atomic E-state index is -0.292. The molecule has 26 heavy (non-hydrogen) atoms. The van der Waals surface area contributed by atoms with Crippen LogP contribution in [0, 0.1) is 6.92 Å². The summed E-state index contributed by atoms with van der Waals surface area (Å²) in [6, 6.07) is 8.05.